The second-order valence-corrected chi connectivity index (χ2v) is 3.12. The first-order valence-corrected chi connectivity index (χ1v) is 4.79. The Balaban J connectivity index is 0.00000128. The van der Waals surface area contributed by atoms with Gasteiger partial charge in [0, 0.05) is 12.3 Å². The Morgan fingerprint density at radius 3 is 3.00 bits per heavy atom. The maximum absolute atomic E-state index is 8.71. The molecule has 2 heterocycles. The molecular formula is C10H14ClN3O2. The molecule has 2 rings (SSSR count). The molecule has 0 aromatic carbocycles. The molecule has 0 bridgehead atoms. The summed E-state index contributed by atoms with van der Waals surface area (Å²) in [6.45, 7) is 1.23. The van der Waals surface area contributed by atoms with E-state index in [0.717, 1.165) is 11.6 Å². The van der Waals surface area contributed by atoms with Gasteiger partial charge in [-0.15, -0.1) is 12.4 Å². The van der Waals surface area contributed by atoms with E-state index in [1.54, 1.807) is 10.9 Å². The summed E-state index contributed by atoms with van der Waals surface area (Å²) in [5.41, 5.74) is 0. The third kappa shape index (κ3) is 3.29. The highest BCUT2D eigenvalue weighted by atomic mass is 35.5. The molecule has 0 radical (unpaired) electrons. The van der Waals surface area contributed by atoms with Gasteiger partial charge in [-0.3, -0.25) is 4.68 Å². The lowest BCUT2D eigenvalue weighted by molar-refractivity contribution is 0.269. The lowest BCUT2D eigenvalue weighted by Crippen LogP contribution is -2.04. The van der Waals surface area contributed by atoms with Crippen molar-refractivity contribution in [1.82, 2.24) is 9.78 Å². The third-order valence-corrected chi connectivity index (χ3v) is 1.99. The van der Waals surface area contributed by atoms with Gasteiger partial charge in [0.05, 0.1) is 26.0 Å². The van der Waals surface area contributed by atoms with Crippen molar-refractivity contribution in [3.8, 4) is 0 Å². The fourth-order valence-corrected chi connectivity index (χ4v) is 1.27. The molecule has 2 N–H and O–H groups in total. The second kappa shape index (κ2) is 6.19. The monoisotopic (exact) mass is 243 g/mol. The lowest BCUT2D eigenvalue weighted by Gasteiger charge is -1.99. The van der Waals surface area contributed by atoms with E-state index in [1.165, 1.54) is 0 Å². The quantitative estimate of drug-likeness (QED) is 0.836. The minimum Gasteiger partial charge on any atom is -0.467 e. The van der Waals surface area contributed by atoms with Crippen LogP contribution in [-0.4, -0.2) is 21.5 Å². The summed E-state index contributed by atoms with van der Waals surface area (Å²) in [6.07, 6.45) is 3.46. The van der Waals surface area contributed by atoms with Crippen LogP contribution in [0.1, 0.15) is 5.76 Å². The summed E-state index contributed by atoms with van der Waals surface area (Å²) in [5, 5.41) is 16.0. The van der Waals surface area contributed by atoms with Crippen molar-refractivity contribution in [1.29, 1.82) is 0 Å². The smallest absolute Gasteiger partial charge is 0.148 e. The van der Waals surface area contributed by atoms with E-state index in [1.807, 2.05) is 24.4 Å². The molecule has 0 saturated carbocycles. The molecule has 0 atom stereocenters. The first-order chi connectivity index (χ1) is 7.38. The molecule has 0 unspecified atom stereocenters. The van der Waals surface area contributed by atoms with Crippen LogP contribution < -0.4 is 5.32 Å². The number of nitrogens with zero attached hydrogens (tertiary/aromatic N) is 2. The number of hydrogen-bond acceptors (Lipinski definition) is 4. The van der Waals surface area contributed by atoms with Crippen LogP contribution in [0.15, 0.2) is 35.1 Å². The Labute approximate surface area is 99.5 Å². The first kappa shape index (κ1) is 12.6. The molecule has 0 aliphatic carbocycles. The van der Waals surface area contributed by atoms with Gasteiger partial charge in [-0.1, -0.05) is 0 Å². The zero-order valence-corrected chi connectivity index (χ0v) is 9.48. The van der Waals surface area contributed by atoms with Gasteiger partial charge in [0.15, 0.2) is 0 Å². The highest BCUT2D eigenvalue weighted by Gasteiger charge is 1.99. The largest absolute Gasteiger partial charge is 0.467 e. The Kier molecular flexibility index (Phi) is 4.88. The van der Waals surface area contributed by atoms with Gasteiger partial charge in [-0.05, 0) is 12.1 Å². The Morgan fingerprint density at radius 1 is 1.44 bits per heavy atom. The molecule has 0 amide bonds. The standard InChI is InChI=1S/C10H13N3O2.ClH/c14-6-5-13-4-3-10(12-13)11-8-9-2-1-7-15-9;/h1-4,7,14H,5-6,8H2,(H,11,12);1H. The average molecular weight is 244 g/mol. The number of aliphatic hydroxyl groups is 1. The zero-order valence-electron chi connectivity index (χ0n) is 8.67. The predicted molar refractivity (Wildman–Crippen MR) is 62.6 cm³/mol. The third-order valence-electron chi connectivity index (χ3n) is 1.99. The number of nitrogens with one attached hydrogen (secondary N) is 1. The van der Waals surface area contributed by atoms with Crippen molar-refractivity contribution in [3.63, 3.8) is 0 Å². The predicted octanol–water partition coefficient (Wildman–Crippen LogP) is 1.50. The van der Waals surface area contributed by atoms with Crippen molar-refractivity contribution in [2.45, 2.75) is 13.1 Å². The van der Waals surface area contributed by atoms with Gasteiger partial charge < -0.3 is 14.8 Å². The van der Waals surface area contributed by atoms with Gasteiger partial charge >= 0.3 is 0 Å². The number of hydrogen-bond donors (Lipinski definition) is 2. The van der Waals surface area contributed by atoms with E-state index in [-0.39, 0.29) is 19.0 Å². The van der Waals surface area contributed by atoms with Crippen LogP contribution in [0, 0.1) is 0 Å². The second-order valence-electron chi connectivity index (χ2n) is 3.12. The van der Waals surface area contributed by atoms with Crippen molar-refractivity contribution in [2.24, 2.45) is 0 Å². The van der Waals surface area contributed by atoms with E-state index in [4.69, 9.17) is 9.52 Å². The number of aromatic nitrogens is 2. The van der Waals surface area contributed by atoms with Crippen molar-refractivity contribution in [2.75, 3.05) is 11.9 Å². The van der Waals surface area contributed by atoms with Crippen LogP contribution in [0.4, 0.5) is 5.82 Å². The van der Waals surface area contributed by atoms with Gasteiger partial charge in [-0.2, -0.15) is 5.10 Å². The van der Waals surface area contributed by atoms with Crippen molar-refractivity contribution >= 4 is 18.2 Å². The minimum atomic E-state index is 0. The molecule has 0 spiro atoms. The lowest BCUT2D eigenvalue weighted by atomic mass is 10.4. The summed E-state index contributed by atoms with van der Waals surface area (Å²) in [5.74, 6) is 1.64. The number of furan rings is 1. The van der Waals surface area contributed by atoms with E-state index >= 15 is 0 Å². The van der Waals surface area contributed by atoms with E-state index in [0.29, 0.717) is 13.1 Å². The molecule has 0 fully saturated rings. The van der Waals surface area contributed by atoms with Gasteiger partial charge in [0.1, 0.15) is 11.6 Å². The zero-order chi connectivity index (χ0) is 10.5. The van der Waals surface area contributed by atoms with E-state index in [9.17, 15) is 0 Å². The fraction of sp³-hybridized carbons (Fsp3) is 0.300. The summed E-state index contributed by atoms with van der Waals surface area (Å²) in [6, 6.07) is 5.61. The molecule has 2 aromatic heterocycles. The van der Waals surface area contributed by atoms with E-state index < -0.39 is 0 Å². The average Bonchev–Trinajstić information content (AvgIpc) is 2.85. The number of aliphatic hydroxyl groups excluding tert-OH is 1. The van der Waals surface area contributed by atoms with Crippen molar-refractivity contribution in [3.05, 3.63) is 36.4 Å². The van der Waals surface area contributed by atoms with Crippen LogP contribution in [0.25, 0.3) is 0 Å². The Bertz CT molecular complexity index is 400. The SMILES string of the molecule is Cl.OCCn1ccc(NCc2ccco2)n1. The molecule has 0 aliphatic heterocycles. The summed E-state index contributed by atoms with van der Waals surface area (Å²) >= 11 is 0. The van der Waals surface area contributed by atoms with Crippen molar-refractivity contribution < 1.29 is 9.52 Å². The molecular weight excluding hydrogens is 230 g/mol. The minimum absolute atomic E-state index is 0. The number of anilines is 1. The molecule has 5 nitrogen and oxygen atoms in total. The topological polar surface area (TPSA) is 63.2 Å². The maximum Gasteiger partial charge on any atom is 0.148 e. The van der Waals surface area contributed by atoms with Crippen LogP contribution in [0.5, 0.6) is 0 Å². The molecule has 6 heteroatoms. The Morgan fingerprint density at radius 2 is 2.31 bits per heavy atom. The molecule has 16 heavy (non-hydrogen) atoms. The maximum atomic E-state index is 8.71. The van der Waals surface area contributed by atoms with Crippen LogP contribution in [-0.2, 0) is 13.1 Å². The molecule has 88 valence electrons. The highest BCUT2D eigenvalue weighted by molar-refractivity contribution is 5.85. The first-order valence-electron chi connectivity index (χ1n) is 4.79. The number of rotatable bonds is 5. The summed E-state index contributed by atoms with van der Waals surface area (Å²) < 4.78 is 6.86. The van der Waals surface area contributed by atoms with Gasteiger partial charge in [0.2, 0.25) is 0 Å². The summed E-state index contributed by atoms with van der Waals surface area (Å²) in [7, 11) is 0. The van der Waals surface area contributed by atoms with Gasteiger partial charge in [0.25, 0.3) is 0 Å². The molecule has 2 aromatic rings. The van der Waals surface area contributed by atoms with Crippen LogP contribution in [0.2, 0.25) is 0 Å². The van der Waals surface area contributed by atoms with Gasteiger partial charge in [-0.25, -0.2) is 0 Å². The fourth-order valence-electron chi connectivity index (χ4n) is 1.27. The van der Waals surface area contributed by atoms with E-state index in [2.05, 4.69) is 10.4 Å². The normalized spacial score (nSPS) is 9.81. The Hall–Kier alpha value is -1.46. The molecule has 0 aliphatic rings. The highest BCUT2D eigenvalue weighted by Crippen LogP contribution is 2.06. The summed E-state index contributed by atoms with van der Waals surface area (Å²) in [4.78, 5) is 0. The number of halogens is 1. The van der Waals surface area contributed by atoms with Crippen LogP contribution in [0.3, 0.4) is 0 Å². The molecule has 0 saturated heterocycles. The van der Waals surface area contributed by atoms with Crippen LogP contribution >= 0.6 is 12.4 Å².